The van der Waals surface area contributed by atoms with Gasteiger partial charge in [0.15, 0.2) is 0 Å². The summed E-state index contributed by atoms with van der Waals surface area (Å²) in [6.07, 6.45) is 4.68. The summed E-state index contributed by atoms with van der Waals surface area (Å²) in [5.74, 6) is -0.964. The van der Waals surface area contributed by atoms with Crippen molar-refractivity contribution in [2.75, 3.05) is 5.32 Å². The molecule has 0 aromatic heterocycles. The number of hydrogen-bond donors (Lipinski definition) is 1. The van der Waals surface area contributed by atoms with Crippen LogP contribution in [0.1, 0.15) is 59.2 Å². The molecule has 1 heterocycles. The highest BCUT2D eigenvalue weighted by atomic mass is 16.2. The number of nitrogens with zero attached hydrogens (tertiary/aromatic N) is 2. The lowest BCUT2D eigenvalue weighted by Crippen LogP contribution is -2.40. The number of rotatable bonds is 3. The number of amides is 3. The largest absolute Gasteiger partial charge is 0.325 e. The molecular weight excluding hydrogens is 294 g/mol. The van der Waals surface area contributed by atoms with Gasteiger partial charge in [0.05, 0.1) is 17.2 Å². The van der Waals surface area contributed by atoms with Crippen LogP contribution in [-0.4, -0.2) is 28.7 Å². The molecule has 0 atom stereocenters. The number of anilines is 1. The Morgan fingerprint density at radius 3 is 2.57 bits per heavy atom. The Morgan fingerprint density at radius 2 is 1.87 bits per heavy atom. The number of fused-ring (bicyclic) bond motifs is 1. The van der Waals surface area contributed by atoms with Crippen molar-refractivity contribution in [2.45, 2.75) is 44.6 Å². The summed E-state index contributed by atoms with van der Waals surface area (Å²) in [6, 6.07) is 6.42. The molecule has 1 N–H and O–H groups in total. The molecule has 6 nitrogen and oxygen atoms in total. The predicted molar refractivity (Wildman–Crippen MR) is 82.7 cm³/mol. The zero-order valence-corrected chi connectivity index (χ0v) is 12.7. The van der Waals surface area contributed by atoms with E-state index in [2.05, 4.69) is 5.32 Å². The standard InChI is InChI=1S/C17H17N3O3/c18-9-8-15(21)19-11-6-7-13-14(10-11)17(23)20(16(13)22)12-4-2-1-3-5-12/h6-7,10,12H,1-5,8H2,(H,19,21). The maximum Gasteiger partial charge on any atom is 0.261 e. The van der Waals surface area contributed by atoms with Crippen LogP contribution in [0.2, 0.25) is 0 Å². The number of imide groups is 1. The Bertz CT molecular complexity index is 714. The van der Waals surface area contributed by atoms with Crippen LogP contribution in [0.5, 0.6) is 0 Å². The molecule has 23 heavy (non-hydrogen) atoms. The summed E-state index contributed by atoms with van der Waals surface area (Å²) in [5.41, 5.74) is 1.14. The van der Waals surface area contributed by atoms with E-state index in [-0.39, 0.29) is 24.3 Å². The molecule has 3 rings (SSSR count). The summed E-state index contributed by atoms with van der Waals surface area (Å²) in [5, 5.41) is 11.1. The topological polar surface area (TPSA) is 90.3 Å². The second kappa shape index (κ2) is 6.21. The van der Waals surface area contributed by atoms with Crippen LogP contribution in [0.15, 0.2) is 18.2 Å². The number of benzene rings is 1. The quantitative estimate of drug-likeness (QED) is 0.868. The van der Waals surface area contributed by atoms with Crippen LogP contribution < -0.4 is 5.32 Å². The Balaban J connectivity index is 1.84. The molecule has 1 aliphatic carbocycles. The lowest BCUT2D eigenvalue weighted by atomic mass is 9.94. The fourth-order valence-electron chi connectivity index (χ4n) is 3.29. The molecular formula is C17H17N3O3. The van der Waals surface area contributed by atoms with Crippen molar-refractivity contribution >= 4 is 23.4 Å². The van der Waals surface area contributed by atoms with E-state index < -0.39 is 5.91 Å². The van der Waals surface area contributed by atoms with Crippen molar-refractivity contribution in [2.24, 2.45) is 0 Å². The van der Waals surface area contributed by atoms with E-state index in [1.54, 1.807) is 18.2 Å². The molecule has 1 fully saturated rings. The third-order valence-electron chi connectivity index (χ3n) is 4.38. The molecule has 1 aromatic carbocycles. The van der Waals surface area contributed by atoms with Crippen molar-refractivity contribution in [3.63, 3.8) is 0 Å². The second-order valence-corrected chi connectivity index (χ2v) is 5.92. The second-order valence-electron chi connectivity index (χ2n) is 5.92. The van der Waals surface area contributed by atoms with E-state index in [0.29, 0.717) is 16.8 Å². The van der Waals surface area contributed by atoms with Gasteiger partial charge in [-0.25, -0.2) is 0 Å². The van der Waals surface area contributed by atoms with Gasteiger partial charge in [0.25, 0.3) is 11.8 Å². The molecule has 0 radical (unpaired) electrons. The molecule has 2 aliphatic rings. The highest BCUT2D eigenvalue weighted by molar-refractivity contribution is 6.22. The van der Waals surface area contributed by atoms with E-state index in [0.717, 1.165) is 32.1 Å². The van der Waals surface area contributed by atoms with Gasteiger partial charge < -0.3 is 5.32 Å². The molecule has 1 aliphatic heterocycles. The van der Waals surface area contributed by atoms with Crippen molar-refractivity contribution in [1.29, 1.82) is 5.26 Å². The normalized spacial score (nSPS) is 17.8. The maximum absolute atomic E-state index is 12.6. The highest BCUT2D eigenvalue weighted by Crippen LogP contribution is 2.32. The van der Waals surface area contributed by atoms with E-state index in [4.69, 9.17) is 5.26 Å². The average Bonchev–Trinajstić information content (AvgIpc) is 2.79. The zero-order chi connectivity index (χ0) is 16.4. The lowest BCUT2D eigenvalue weighted by molar-refractivity contribution is -0.115. The Kier molecular flexibility index (Phi) is 4.11. The Morgan fingerprint density at radius 1 is 1.17 bits per heavy atom. The SMILES string of the molecule is N#CCC(=O)Nc1ccc2c(c1)C(=O)N(C1CCCCC1)C2=O. The predicted octanol–water partition coefficient (Wildman–Crippen LogP) is 2.47. The van der Waals surface area contributed by atoms with E-state index in [9.17, 15) is 14.4 Å². The number of nitrogens with one attached hydrogen (secondary N) is 1. The van der Waals surface area contributed by atoms with Crippen LogP contribution in [0.3, 0.4) is 0 Å². The molecule has 0 saturated heterocycles. The Hall–Kier alpha value is -2.68. The van der Waals surface area contributed by atoms with Gasteiger partial charge in [0.2, 0.25) is 5.91 Å². The molecule has 0 spiro atoms. The van der Waals surface area contributed by atoms with Gasteiger partial charge in [-0.15, -0.1) is 0 Å². The molecule has 118 valence electrons. The summed E-state index contributed by atoms with van der Waals surface area (Å²) >= 11 is 0. The van der Waals surface area contributed by atoms with E-state index >= 15 is 0 Å². The fraction of sp³-hybridized carbons (Fsp3) is 0.412. The van der Waals surface area contributed by atoms with Crippen LogP contribution >= 0.6 is 0 Å². The summed E-state index contributed by atoms with van der Waals surface area (Å²) in [4.78, 5) is 38.0. The van der Waals surface area contributed by atoms with Crippen molar-refractivity contribution < 1.29 is 14.4 Å². The molecule has 1 saturated carbocycles. The maximum atomic E-state index is 12.6. The minimum absolute atomic E-state index is 0.0206. The minimum Gasteiger partial charge on any atom is -0.325 e. The van der Waals surface area contributed by atoms with Gasteiger partial charge in [-0.05, 0) is 31.0 Å². The third-order valence-corrected chi connectivity index (χ3v) is 4.38. The summed E-state index contributed by atoms with van der Waals surface area (Å²) in [7, 11) is 0. The first-order valence-electron chi connectivity index (χ1n) is 7.80. The van der Waals surface area contributed by atoms with Crippen LogP contribution in [0, 0.1) is 11.3 Å². The van der Waals surface area contributed by atoms with Gasteiger partial charge in [-0.1, -0.05) is 19.3 Å². The van der Waals surface area contributed by atoms with Gasteiger partial charge in [0, 0.05) is 11.7 Å². The van der Waals surface area contributed by atoms with E-state index in [1.165, 1.54) is 11.0 Å². The van der Waals surface area contributed by atoms with Crippen molar-refractivity contribution in [3.8, 4) is 6.07 Å². The number of hydrogen-bond acceptors (Lipinski definition) is 4. The highest BCUT2D eigenvalue weighted by Gasteiger charge is 2.40. The molecule has 0 unspecified atom stereocenters. The zero-order valence-electron chi connectivity index (χ0n) is 12.7. The van der Waals surface area contributed by atoms with E-state index in [1.807, 2.05) is 0 Å². The number of carbonyl (C=O) groups is 3. The van der Waals surface area contributed by atoms with Gasteiger partial charge in [0.1, 0.15) is 6.42 Å². The minimum atomic E-state index is -0.437. The summed E-state index contributed by atoms with van der Waals surface area (Å²) in [6.45, 7) is 0. The Labute approximate surface area is 134 Å². The third kappa shape index (κ3) is 2.82. The van der Waals surface area contributed by atoms with Crippen LogP contribution in [0.25, 0.3) is 0 Å². The van der Waals surface area contributed by atoms with Crippen molar-refractivity contribution in [3.05, 3.63) is 29.3 Å². The average molecular weight is 311 g/mol. The molecule has 3 amide bonds. The van der Waals surface area contributed by atoms with Gasteiger partial charge in [-0.3, -0.25) is 19.3 Å². The van der Waals surface area contributed by atoms with Gasteiger partial charge >= 0.3 is 0 Å². The fourth-order valence-corrected chi connectivity index (χ4v) is 3.29. The molecule has 1 aromatic rings. The van der Waals surface area contributed by atoms with Crippen LogP contribution in [-0.2, 0) is 4.79 Å². The van der Waals surface area contributed by atoms with Gasteiger partial charge in [-0.2, -0.15) is 5.26 Å². The summed E-state index contributed by atoms with van der Waals surface area (Å²) < 4.78 is 0. The molecule has 0 bridgehead atoms. The van der Waals surface area contributed by atoms with Crippen molar-refractivity contribution in [1.82, 2.24) is 4.90 Å². The number of nitriles is 1. The molecule has 6 heteroatoms. The monoisotopic (exact) mass is 311 g/mol. The first-order chi connectivity index (χ1) is 11.1. The van der Waals surface area contributed by atoms with Crippen LogP contribution in [0.4, 0.5) is 5.69 Å². The lowest BCUT2D eigenvalue weighted by Gasteiger charge is -2.29. The number of carbonyl (C=O) groups excluding carboxylic acids is 3. The smallest absolute Gasteiger partial charge is 0.261 e. The first kappa shape index (κ1) is 15.2. The first-order valence-corrected chi connectivity index (χ1v) is 7.80.